The second kappa shape index (κ2) is 11.3. The van der Waals surface area contributed by atoms with Crippen molar-refractivity contribution in [1.82, 2.24) is 29.9 Å². The molecule has 3 N–H and O–H groups in total. The molecule has 6 rings (SSSR count). The van der Waals surface area contributed by atoms with Crippen molar-refractivity contribution in [2.45, 2.75) is 82.6 Å². The predicted octanol–water partition coefficient (Wildman–Crippen LogP) is 4.72. The fourth-order valence-electron chi connectivity index (χ4n) is 6.04. The number of ether oxygens (including phenoxy) is 2. The lowest BCUT2D eigenvalue weighted by Crippen LogP contribution is -2.38. The average Bonchev–Trinajstić information content (AvgIpc) is 3.58. The van der Waals surface area contributed by atoms with Gasteiger partial charge in [0.1, 0.15) is 5.65 Å². The van der Waals surface area contributed by atoms with Crippen molar-refractivity contribution >= 4 is 28.4 Å². The van der Waals surface area contributed by atoms with Crippen LogP contribution in [-0.4, -0.2) is 68.5 Å². The number of fused-ring (bicyclic) bond motifs is 2. The van der Waals surface area contributed by atoms with Crippen LogP contribution in [0.15, 0.2) is 36.9 Å². The minimum atomic E-state index is -0.0868. The third-order valence-electron chi connectivity index (χ3n) is 8.26. The summed E-state index contributed by atoms with van der Waals surface area (Å²) in [5.74, 6) is 0.553. The number of hydrogen-bond donors (Lipinski definition) is 3. The maximum absolute atomic E-state index is 13.2. The Labute approximate surface area is 227 Å². The molecule has 0 bridgehead atoms. The quantitative estimate of drug-likeness (QED) is 0.301. The first-order valence-electron chi connectivity index (χ1n) is 14.1. The highest BCUT2D eigenvalue weighted by molar-refractivity contribution is 6.02. The summed E-state index contributed by atoms with van der Waals surface area (Å²) >= 11 is 0. The summed E-state index contributed by atoms with van der Waals surface area (Å²) in [5.41, 5.74) is 4.09. The number of anilines is 1. The third-order valence-corrected chi connectivity index (χ3v) is 8.26. The van der Waals surface area contributed by atoms with Gasteiger partial charge in [-0.1, -0.05) is 0 Å². The zero-order chi connectivity index (χ0) is 26.8. The van der Waals surface area contributed by atoms with Gasteiger partial charge in [-0.2, -0.15) is 10.1 Å². The predicted molar refractivity (Wildman–Crippen MR) is 150 cm³/mol. The van der Waals surface area contributed by atoms with E-state index in [1.54, 1.807) is 17.8 Å². The van der Waals surface area contributed by atoms with Gasteiger partial charge in [-0.25, -0.2) is 9.50 Å². The van der Waals surface area contributed by atoms with Crippen molar-refractivity contribution in [1.29, 1.82) is 0 Å². The summed E-state index contributed by atoms with van der Waals surface area (Å²) in [6, 6.07) is 4.53. The Kier molecular flexibility index (Phi) is 7.47. The van der Waals surface area contributed by atoms with E-state index < -0.39 is 0 Å². The van der Waals surface area contributed by atoms with Gasteiger partial charge in [0, 0.05) is 55.3 Å². The molecule has 206 valence electrons. The van der Waals surface area contributed by atoms with E-state index >= 15 is 0 Å². The summed E-state index contributed by atoms with van der Waals surface area (Å²) in [4.78, 5) is 25.8. The molecule has 1 amide bonds. The molecule has 0 unspecified atom stereocenters. The van der Waals surface area contributed by atoms with Crippen molar-refractivity contribution < 1.29 is 14.3 Å². The average molecular weight is 532 g/mol. The van der Waals surface area contributed by atoms with Gasteiger partial charge in [0.25, 0.3) is 5.91 Å². The number of pyridine rings is 1. The molecular formula is C29H37N7O3. The Morgan fingerprint density at radius 2 is 1.85 bits per heavy atom. The van der Waals surface area contributed by atoms with Crippen LogP contribution in [0, 0.1) is 0 Å². The van der Waals surface area contributed by atoms with Crippen LogP contribution in [0.3, 0.4) is 0 Å². The number of aromatic nitrogens is 5. The number of carbonyl (C=O) groups is 1. The van der Waals surface area contributed by atoms with E-state index in [2.05, 4.69) is 32.6 Å². The van der Waals surface area contributed by atoms with Crippen LogP contribution in [0.5, 0.6) is 0 Å². The van der Waals surface area contributed by atoms with Crippen molar-refractivity contribution in [3.8, 4) is 11.1 Å². The maximum atomic E-state index is 13.2. The summed E-state index contributed by atoms with van der Waals surface area (Å²) in [6.45, 7) is 2.83. The van der Waals surface area contributed by atoms with E-state index in [1.165, 1.54) is 0 Å². The van der Waals surface area contributed by atoms with Gasteiger partial charge in [0.15, 0.2) is 0 Å². The number of nitrogens with zero attached hydrogens (tertiary/aromatic N) is 4. The van der Waals surface area contributed by atoms with Crippen LogP contribution >= 0.6 is 0 Å². The molecule has 0 saturated heterocycles. The molecule has 2 saturated carbocycles. The fourth-order valence-corrected chi connectivity index (χ4v) is 6.04. The smallest absolute Gasteiger partial charge is 0.255 e. The number of aromatic amines is 1. The third kappa shape index (κ3) is 5.49. The zero-order valence-electron chi connectivity index (χ0n) is 22.7. The molecule has 2 aliphatic rings. The van der Waals surface area contributed by atoms with E-state index in [0.29, 0.717) is 29.8 Å². The molecule has 0 radical (unpaired) electrons. The van der Waals surface area contributed by atoms with Crippen LogP contribution in [0.4, 0.5) is 5.95 Å². The highest BCUT2D eigenvalue weighted by Crippen LogP contribution is 2.30. The number of carbonyl (C=O) groups excluding carboxylic acids is 1. The zero-order valence-corrected chi connectivity index (χ0v) is 22.7. The molecule has 0 aliphatic heterocycles. The van der Waals surface area contributed by atoms with Gasteiger partial charge in [-0.15, -0.1) is 0 Å². The molecule has 4 aromatic heterocycles. The van der Waals surface area contributed by atoms with Crippen LogP contribution < -0.4 is 10.6 Å². The van der Waals surface area contributed by atoms with Gasteiger partial charge in [-0.3, -0.25) is 4.79 Å². The van der Waals surface area contributed by atoms with Crippen LogP contribution in [0.2, 0.25) is 0 Å². The summed E-state index contributed by atoms with van der Waals surface area (Å²) in [7, 11) is 1.76. The topological polar surface area (TPSA) is 118 Å². The number of methoxy groups -OCH3 is 1. The molecule has 2 fully saturated rings. The number of nitrogens with one attached hydrogen (secondary N) is 3. The fraction of sp³-hybridized carbons (Fsp3) is 0.517. The van der Waals surface area contributed by atoms with Crippen molar-refractivity contribution in [2.75, 3.05) is 19.0 Å². The number of rotatable bonds is 8. The van der Waals surface area contributed by atoms with Crippen LogP contribution in [0.1, 0.15) is 68.6 Å². The van der Waals surface area contributed by atoms with Crippen molar-refractivity contribution in [3.05, 3.63) is 42.5 Å². The Bertz CT molecular complexity index is 1430. The highest BCUT2D eigenvalue weighted by Gasteiger charge is 2.24. The van der Waals surface area contributed by atoms with E-state index in [0.717, 1.165) is 85.7 Å². The largest absolute Gasteiger partial charge is 0.381 e. The SMILES string of the molecule is CCOC1CCC(Nc2ncc3c(-c4ccn5ncc(C(=O)NC6CCC(OC)CC6)c5c4)c[nH]c3n2)CC1. The molecule has 0 atom stereocenters. The Balaban J connectivity index is 1.17. The van der Waals surface area contributed by atoms with Gasteiger partial charge in [0.2, 0.25) is 5.95 Å². The summed E-state index contributed by atoms with van der Waals surface area (Å²) in [5, 5.41) is 12.1. The molecule has 4 aromatic rings. The van der Waals surface area contributed by atoms with Crippen molar-refractivity contribution in [2.24, 2.45) is 0 Å². The van der Waals surface area contributed by atoms with Gasteiger partial charge in [-0.05, 0) is 76.0 Å². The molecular weight excluding hydrogens is 494 g/mol. The van der Waals surface area contributed by atoms with E-state index in [9.17, 15) is 4.79 Å². The van der Waals surface area contributed by atoms with Crippen molar-refractivity contribution in [3.63, 3.8) is 0 Å². The molecule has 2 aliphatic carbocycles. The highest BCUT2D eigenvalue weighted by atomic mass is 16.5. The minimum absolute atomic E-state index is 0.0868. The molecule has 0 aromatic carbocycles. The first-order valence-corrected chi connectivity index (χ1v) is 14.1. The standard InChI is InChI=1S/C29H37N7O3/c1-3-39-22-10-6-20(7-11-22)34-29-31-16-24-23(15-30-27(24)35-29)18-12-13-36-26(14-18)25(17-32-36)28(37)33-19-4-8-21(38-2)9-5-19/h12-17,19-22H,3-11H2,1-2H3,(H,33,37)(H2,30,31,34,35). The van der Waals surface area contributed by atoms with Gasteiger partial charge >= 0.3 is 0 Å². The Morgan fingerprint density at radius 3 is 2.62 bits per heavy atom. The lowest BCUT2D eigenvalue weighted by molar-refractivity contribution is 0.0346. The molecule has 4 heterocycles. The van der Waals surface area contributed by atoms with E-state index in [-0.39, 0.29) is 11.9 Å². The number of hydrogen-bond acceptors (Lipinski definition) is 7. The number of amides is 1. The second-order valence-corrected chi connectivity index (χ2v) is 10.7. The van der Waals surface area contributed by atoms with E-state index in [4.69, 9.17) is 14.5 Å². The number of H-pyrrole nitrogens is 1. The molecule has 0 spiro atoms. The molecule has 39 heavy (non-hydrogen) atoms. The molecule has 10 nitrogen and oxygen atoms in total. The van der Waals surface area contributed by atoms with Gasteiger partial charge in [0.05, 0.1) is 29.5 Å². The summed E-state index contributed by atoms with van der Waals surface area (Å²) < 4.78 is 13.0. The lowest BCUT2D eigenvalue weighted by Gasteiger charge is -2.28. The first kappa shape index (κ1) is 25.8. The first-order chi connectivity index (χ1) is 19.1. The Hall–Kier alpha value is -3.50. The van der Waals surface area contributed by atoms with Gasteiger partial charge < -0.3 is 25.1 Å². The normalized spacial score (nSPS) is 23.7. The maximum Gasteiger partial charge on any atom is 0.255 e. The summed E-state index contributed by atoms with van der Waals surface area (Å²) in [6.07, 6.45) is 16.0. The molecule has 10 heteroatoms. The van der Waals surface area contributed by atoms with E-state index in [1.807, 2.05) is 30.7 Å². The minimum Gasteiger partial charge on any atom is -0.381 e. The Morgan fingerprint density at radius 1 is 1.08 bits per heavy atom. The van der Waals surface area contributed by atoms with Crippen LogP contribution in [-0.2, 0) is 9.47 Å². The van der Waals surface area contributed by atoms with Crippen LogP contribution in [0.25, 0.3) is 27.7 Å². The second-order valence-electron chi connectivity index (χ2n) is 10.7. The monoisotopic (exact) mass is 531 g/mol. The lowest BCUT2D eigenvalue weighted by atomic mass is 9.93.